The van der Waals surface area contributed by atoms with E-state index < -0.39 is 29.5 Å². The van der Waals surface area contributed by atoms with Gasteiger partial charge in [-0.25, -0.2) is 13.2 Å². The first-order chi connectivity index (χ1) is 28.5. The first-order valence-corrected chi connectivity index (χ1v) is 20.3. The van der Waals surface area contributed by atoms with Crippen molar-refractivity contribution in [2.24, 2.45) is 5.92 Å². The van der Waals surface area contributed by atoms with Crippen molar-refractivity contribution in [1.29, 1.82) is 0 Å². The molecule has 0 saturated carbocycles. The van der Waals surface area contributed by atoms with Crippen molar-refractivity contribution in [3.63, 3.8) is 0 Å². The molecular formula is C45H46F3N5O6. The number of nitrogens with zero attached hydrogens (tertiary/aromatic N) is 4. The number of hydrogen-bond donors (Lipinski definition) is 2. The van der Waals surface area contributed by atoms with Crippen LogP contribution in [0.25, 0.3) is 0 Å². The number of aromatic hydroxyl groups is 1. The molecule has 5 aliphatic rings. The molecular weight excluding hydrogens is 764 g/mol. The lowest BCUT2D eigenvalue weighted by molar-refractivity contribution is -0.136. The van der Waals surface area contributed by atoms with Crippen LogP contribution < -0.4 is 24.6 Å². The van der Waals surface area contributed by atoms with E-state index in [1.54, 1.807) is 42.5 Å². The lowest BCUT2D eigenvalue weighted by atomic mass is 9.75. The Hall–Kier alpha value is -5.76. The number of piperazine rings is 1. The Balaban J connectivity index is 0.815. The minimum atomic E-state index is -0.749. The number of hydrogen-bond acceptors (Lipinski definition) is 9. The summed E-state index contributed by atoms with van der Waals surface area (Å²) >= 11 is 0. The van der Waals surface area contributed by atoms with E-state index in [9.17, 15) is 23.9 Å². The largest absolute Gasteiger partial charge is 0.508 e. The molecule has 0 bridgehead atoms. The maximum atomic E-state index is 16.2. The molecule has 4 aromatic carbocycles. The lowest BCUT2D eigenvalue weighted by Gasteiger charge is -2.40. The molecule has 3 fully saturated rings. The van der Waals surface area contributed by atoms with E-state index in [-0.39, 0.29) is 66.6 Å². The van der Waals surface area contributed by atoms with Gasteiger partial charge in [-0.1, -0.05) is 18.2 Å². The third kappa shape index (κ3) is 7.43. The van der Waals surface area contributed by atoms with E-state index >= 15 is 8.78 Å². The van der Waals surface area contributed by atoms with Crippen molar-refractivity contribution in [3.8, 4) is 17.2 Å². The van der Waals surface area contributed by atoms with Crippen molar-refractivity contribution in [2.75, 3.05) is 69.3 Å². The van der Waals surface area contributed by atoms with Crippen molar-refractivity contribution in [1.82, 2.24) is 15.1 Å². The average Bonchev–Trinajstić information content (AvgIpc) is 3.54. The van der Waals surface area contributed by atoms with Crippen molar-refractivity contribution in [3.05, 3.63) is 112 Å². The molecule has 5 heterocycles. The Kier molecular flexibility index (Phi) is 10.4. The van der Waals surface area contributed by atoms with Crippen LogP contribution in [0.1, 0.15) is 70.1 Å². The normalized spacial score (nSPS) is 22.5. The number of fused-ring (bicyclic) bond motifs is 2. The van der Waals surface area contributed by atoms with Gasteiger partial charge < -0.3 is 29.3 Å². The number of piperidine rings is 2. The summed E-state index contributed by atoms with van der Waals surface area (Å²) in [7, 11) is 1.42. The van der Waals surface area contributed by atoms with Crippen LogP contribution in [0.15, 0.2) is 66.7 Å². The zero-order valence-electron chi connectivity index (χ0n) is 32.8. The molecule has 14 heteroatoms. The van der Waals surface area contributed by atoms with E-state index in [2.05, 4.69) is 15.1 Å². The number of nitrogens with one attached hydrogen (secondary N) is 1. The number of carbonyl (C=O) groups excluding carboxylic acids is 3. The van der Waals surface area contributed by atoms with Gasteiger partial charge in [-0.3, -0.25) is 24.6 Å². The third-order valence-electron chi connectivity index (χ3n) is 12.9. The van der Waals surface area contributed by atoms with Crippen LogP contribution in [0.3, 0.4) is 0 Å². The number of methoxy groups -OCH3 is 1. The number of anilines is 2. The highest BCUT2D eigenvalue weighted by atomic mass is 19.1. The Morgan fingerprint density at radius 1 is 0.797 bits per heavy atom. The molecule has 0 spiro atoms. The predicted molar refractivity (Wildman–Crippen MR) is 214 cm³/mol. The van der Waals surface area contributed by atoms with Gasteiger partial charge in [0.2, 0.25) is 11.8 Å². The van der Waals surface area contributed by atoms with Gasteiger partial charge in [-0.2, -0.15) is 0 Å². The molecule has 11 nitrogen and oxygen atoms in total. The lowest BCUT2D eigenvalue weighted by Crippen LogP contribution is -2.52. The van der Waals surface area contributed by atoms with Gasteiger partial charge in [-0.05, 0) is 84.3 Å². The van der Waals surface area contributed by atoms with Crippen LogP contribution in [-0.2, 0) is 16.1 Å². The fourth-order valence-corrected chi connectivity index (χ4v) is 9.69. The molecule has 0 radical (unpaired) electrons. The van der Waals surface area contributed by atoms with Gasteiger partial charge >= 0.3 is 0 Å². The second-order valence-electron chi connectivity index (χ2n) is 16.3. The standard InChI is InChI=1S/C45H46F3N5O6/c1-58-41-20-27(2-6-34(41)46)33-25-59-40-21-30(54)4-5-31(40)43(33)28-3-7-37(35(47)18-28)51-12-10-26(11-13-51)23-50-14-16-52(17-15-50)39-19-29-24-53(45(57)32(29)22-36(39)48)38-8-9-42(55)49-44(38)56/h2-7,18-22,26,33,38,43,54H,8-17,23-25H2,1H3,(H,49,55,56)/t33-,38+,43?/m1/s1. The van der Waals surface area contributed by atoms with Gasteiger partial charge in [0.15, 0.2) is 11.6 Å². The maximum Gasteiger partial charge on any atom is 0.255 e. The molecule has 3 atom stereocenters. The van der Waals surface area contributed by atoms with Crippen molar-refractivity contribution < 1.29 is 42.1 Å². The monoisotopic (exact) mass is 809 g/mol. The summed E-state index contributed by atoms with van der Waals surface area (Å²) in [5.41, 5.74) is 4.32. The Morgan fingerprint density at radius 2 is 1.54 bits per heavy atom. The number of carbonyl (C=O) groups is 3. The third-order valence-corrected chi connectivity index (χ3v) is 12.9. The van der Waals surface area contributed by atoms with Crippen LogP contribution in [-0.4, -0.2) is 98.2 Å². The SMILES string of the molecule is COc1cc([C@H]2COc3cc(O)ccc3C2c2ccc(N3CCC(CN4CCN(c5cc6c(cc5F)C(=O)N([C@H]5CCC(=O)NC5=O)C6)CC4)CC3)c(F)c2)ccc1F. The minimum Gasteiger partial charge on any atom is -0.508 e. The Labute approximate surface area is 340 Å². The number of benzene rings is 4. The molecule has 1 unspecified atom stereocenters. The molecule has 59 heavy (non-hydrogen) atoms. The fourth-order valence-electron chi connectivity index (χ4n) is 9.69. The van der Waals surface area contributed by atoms with Gasteiger partial charge in [0.25, 0.3) is 5.91 Å². The minimum absolute atomic E-state index is 0.0735. The molecule has 4 aromatic rings. The smallest absolute Gasteiger partial charge is 0.255 e. The van der Waals surface area contributed by atoms with Gasteiger partial charge in [0, 0.05) is 87.8 Å². The summed E-state index contributed by atoms with van der Waals surface area (Å²) in [6.07, 6.45) is 2.23. The first kappa shape index (κ1) is 38.7. The highest BCUT2D eigenvalue weighted by molar-refractivity contribution is 6.05. The molecule has 9 rings (SSSR count). The Morgan fingerprint density at radius 3 is 2.29 bits per heavy atom. The quantitative estimate of drug-likeness (QED) is 0.209. The molecule has 3 saturated heterocycles. The highest BCUT2D eigenvalue weighted by Gasteiger charge is 2.40. The second-order valence-corrected chi connectivity index (χ2v) is 16.3. The van der Waals surface area contributed by atoms with Crippen LogP contribution in [0.5, 0.6) is 17.2 Å². The zero-order chi connectivity index (χ0) is 40.9. The van der Waals surface area contributed by atoms with Crippen LogP contribution in [0.4, 0.5) is 24.5 Å². The summed E-state index contributed by atoms with van der Waals surface area (Å²) < 4.78 is 57.3. The molecule has 308 valence electrons. The van der Waals surface area contributed by atoms with E-state index in [0.717, 1.165) is 49.2 Å². The molecule has 0 aliphatic carbocycles. The average molecular weight is 810 g/mol. The number of halogens is 3. The first-order valence-electron chi connectivity index (χ1n) is 20.3. The van der Waals surface area contributed by atoms with Gasteiger partial charge in [0.05, 0.1) is 25.1 Å². The zero-order valence-corrected chi connectivity index (χ0v) is 32.8. The topological polar surface area (TPSA) is 115 Å². The highest BCUT2D eigenvalue weighted by Crippen LogP contribution is 2.48. The Bertz CT molecular complexity index is 2310. The number of ether oxygens (including phenoxy) is 2. The number of rotatable bonds is 8. The van der Waals surface area contributed by atoms with E-state index in [1.807, 2.05) is 17.0 Å². The van der Waals surface area contributed by atoms with E-state index in [4.69, 9.17) is 9.47 Å². The molecule has 2 N–H and O–H groups in total. The summed E-state index contributed by atoms with van der Waals surface area (Å²) in [5.74, 6) is -1.90. The number of phenolic OH excluding ortho intramolecular Hbond substituents is 1. The van der Waals surface area contributed by atoms with Gasteiger partial charge in [-0.15, -0.1) is 0 Å². The summed E-state index contributed by atoms with van der Waals surface area (Å²) in [6, 6.07) is 17.4. The van der Waals surface area contributed by atoms with E-state index in [0.29, 0.717) is 54.8 Å². The second kappa shape index (κ2) is 15.8. The summed E-state index contributed by atoms with van der Waals surface area (Å²) in [4.78, 5) is 45.2. The summed E-state index contributed by atoms with van der Waals surface area (Å²) in [5, 5.41) is 12.5. The molecule has 5 aliphatic heterocycles. The molecule has 0 aromatic heterocycles. The predicted octanol–water partition coefficient (Wildman–Crippen LogP) is 5.93. The maximum absolute atomic E-state index is 16.2. The number of imide groups is 1. The van der Waals surface area contributed by atoms with E-state index in [1.165, 1.54) is 24.1 Å². The molecule has 3 amide bonds. The van der Waals surface area contributed by atoms with Crippen molar-refractivity contribution in [2.45, 2.75) is 50.1 Å². The van der Waals surface area contributed by atoms with Crippen LogP contribution >= 0.6 is 0 Å². The number of phenols is 1. The van der Waals surface area contributed by atoms with Crippen LogP contribution in [0.2, 0.25) is 0 Å². The summed E-state index contributed by atoms with van der Waals surface area (Å²) in [6.45, 7) is 5.56. The van der Waals surface area contributed by atoms with Crippen molar-refractivity contribution >= 4 is 29.1 Å². The van der Waals surface area contributed by atoms with Gasteiger partial charge in [0.1, 0.15) is 29.2 Å². The fraction of sp³-hybridized carbons (Fsp3) is 0.400. The van der Waals surface area contributed by atoms with Crippen LogP contribution in [0, 0.1) is 23.4 Å². The number of amides is 3.